The summed E-state index contributed by atoms with van der Waals surface area (Å²) in [6, 6.07) is 10.8. The molecule has 0 spiro atoms. The van der Waals surface area contributed by atoms with Gasteiger partial charge in [-0.05, 0) is 44.4 Å². The number of rotatable bonds is 5. The molecule has 3 heteroatoms. The van der Waals surface area contributed by atoms with Crippen LogP contribution in [0.4, 0.5) is 0 Å². The largest absolute Gasteiger partial charge is 0.373 e. The number of benzene rings is 1. The van der Waals surface area contributed by atoms with Crippen molar-refractivity contribution in [2.75, 3.05) is 13.7 Å². The average Bonchev–Trinajstić information content (AvgIpc) is 2.47. The molecule has 0 saturated heterocycles. The van der Waals surface area contributed by atoms with E-state index in [-0.39, 0.29) is 6.10 Å². The molecule has 102 valence electrons. The Bertz CT molecular complexity index is 466. The highest BCUT2D eigenvalue weighted by Gasteiger charge is 2.24. The molecule has 0 amide bonds. The number of nitrogens with one attached hydrogen (secondary N) is 1. The van der Waals surface area contributed by atoms with Gasteiger partial charge < -0.3 is 10.1 Å². The normalized spacial score (nSPS) is 21.2. The van der Waals surface area contributed by atoms with Gasteiger partial charge >= 0.3 is 0 Å². The van der Waals surface area contributed by atoms with Crippen LogP contribution in [0, 0.1) is 11.3 Å². The molecule has 2 rings (SSSR count). The Labute approximate surface area is 115 Å². The van der Waals surface area contributed by atoms with Crippen molar-refractivity contribution in [1.82, 2.24) is 5.32 Å². The quantitative estimate of drug-likeness (QED) is 0.883. The Balaban J connectivity index is 1.93. The van der Waals surface area contributed by atoms with E-state index in [0.29, 0.717) is 13.0 Å². The molecule has 0 aromatic heterocycles. The molecule has 1 aromatic rings. The minimum absolute atomic E-state index is 0.199. The summed E-state index contributed by atoms with van der Waals surface area (Å²) in [6.07, 6.45) is 4.33. The van der Waals surface area contributed by atoms with Crippen molar-refractivity contribution in [2.24, 2.45) is 0 Å². The maximum absolute atomic E-state index is 9.11. The topological polar surface area (TPSA) is 45.0 Å². The van der Waals surface area contributed by atoms with Gasteiger partial charge in [0.05, 0.1) is 18.8 Å². The number of ether oxygens (including phenoxy) is 1. The van der Waals surface area contributed by atoms with E-state index in [4.69, 9.17) is 10.00 Å². The second-order valence-corrected chi connectivity index (χ2v) is 5.39. The highest BCUT2D eigenvalue weighted by atomic mass is 16.5. The van der Waals surface area contributed by atoms with Crippen LogP contribution in [0.15, 0.2) is 24.3 Å². The van der Waals surface area contributed by atoms with E-state index >= 15 is 0 Å². The van der Waals surface area contributed by atoms with Gasteiger partial charge in [0.15, 0.2) is 0 Å². The Morgan fingerprint density at radius 3 is 3.00 bits per heavy atom. The smallest absolute Gasteiger partial charge is 0.105 e. The van der Waals surface area contributed by atoms with Crippen LogP contribution < -0.4 is 5.32 Å². The lowest BCUT2D eigenvalue weighted by Crippen LogP contribution is -2.39. The summed E-state index contributed by atoms with van der Waals surface area (Å²) in [6.45, 7) is 2.52. The molecule has 1 aromatic carbocycles. The van der Waals surface area contributed by atoms with Crippen LogP contribution in [-0.4, -0.2) is 19.2 Å². The Kier molecular flexibility index (Phi) is 4.57. The second kappa shape index (κ2) is 6.18. The minimum atomic E-state index is -0.492. The Morgan fingerprint density at radius 2 is 2.26 bits per heavy atom. The van der Waals surface area contributed by atoms with Crippen LogP contribution in [0.25, 0.3) is 0 Å². The van der Waals surface area contributed by atoms with Gasteiger partial charge in [-0.25, -0.2) is 0 Å². The SMILES string of the molecule is CNC(C)(C#N)CCOC1CCCc2ccccc21. The predicted octanol–water partition coefficient (Wildman–Crippen LogP) is 2.97. The lowest BCUT2D eigenvalue weighted by Gasteiger charge is -2.27. The first-order chi connectivity index (χ1) is 9.18. The third-order valence-electron chi connectivity index (χ3n) is 4.03. The van der Waals surface area contributed by atoms with E-state index in [2.05, 4.69) is 35.7 Å². The van der Waals surface area contributed by atoms with Gasteiger partial charge in [-0.2, -0.15) is 5.26 Å². The lowest BCUT2D eigenvalue weighted by atomic mass is 9.89. The fraction of sp³-hybridized carbons (Fsp3) is 0.562. The Morgan fingerprint density at radius 1 is 1.47 bits per heavy atom. The lowest BCUT2D eigenvalue weighted by molar-refractivity contribution is 0.0325. The van der Waals surface area contributed by atoms with Gasteiger partial charge in [0, 0.05) is 6.42 Å². The summed E-state index contributed by atoms with van der Waals surface area (Å²) in [5.41, 5.74) is 2.25. The number of nitrogens with zero attached hydrogens (tertiary/aromatic N) is 1. The zero-order chi connectivity index (χ0) is 13.7. The van der Waals surface area contributed by atoms with Gasteiger partial charge in [0.1, 0.15) is 5.54 Å². The van der Waals surface area contributed by atoms with Crippen molar-refractivity contribution in [3.63, 3.8) is 0 Å². The summed E-state index contributed by atoms with van der Waals surface area (Å²) < 4.78 is 6.02. The summed E-state index contributed by atoms with van der Waals surface area (Å²) >= 11 is 0. The van der Waals surface area contributed by atoms with Crippen LogP contribution in [0.1, 0.15) is 43.4 Å². The molecule has 0 heterocycles. The molecule has 0 radical (unpaired) electrons. The number of hydrogen-bond donors (Lipinski definition) is 1. The molecule has 0 fully saturated rings. The first-order valence-electron chi connectivity index (χ1n) is 6.98. The standard InChI is InChI=1S/C16H22N2O/c1-16(12-17,18-2)10-11-19-15-9-5-7-13-6-3-4-8-14(13)15/h3-4,6,8,15,18H,5,7,9-11H2,1-2H3. The van der Waals surface area contributed by atoms with Gasteiger partial charge in [-0.1, -0.05) is 24.3 Å². The van der Waals surface area contributed by atoms with E-state index in [0.717, 1.165) is 12.8 Å². The number of aryl methyl sites for hydroxylation is 1. The van der Waals surface area contributed by atoms with Crippen molar-refractivity contribution >= 4 is 0 Å². The summed E-state index contributed by atoms with van der Waals surface area (Å²) in [4.78, 5) is 0. The predicted molar refractivity (Wildman–Crippen MR) is 75.8 cm³/mol. The van der Waals surface area contributed by atoms with Crippen LogP contribution in [0.3, 0.4) is 0 Å². The molecule has 0 saturated carbocycles. The molecule has 2 unspecified atom stereocenters. The summed E-state index contributed by atoms with van der Waals surface area (Å²) in [5.74, 6) is 0. The van der Waals surface area contributed by atoms with Crippen LogP contribution in [-0.2, 0) is 11.2 Å². The fourth-order valence-electron chi connectivity index (χ4n) is 2.52. The third-order valence-corrected chi connectivity index (χ3v) is 4.03. The molecule has 0 aliphatic heterocycles. The second-order valence-electron chi connectivity index (χ2n) is 5.39. The van der Waals surface area contributed by atoms with Crippen molar-refractivity contribution in [2.45, 2.75) is 44.2 Å². The molecule has 0 bridgehead atoms. The van der Waals surface area contributed by atoms with Crippen molar-refractivity contribution in [3.8, 4) is 6.07 Å². The maximum Gasteiger partial charge on any atom is 0.105 e. The van der Waals surface area contributed by atoms with Gasteiger partial charge in [0.2, 0.25) is 0 Å². The molecule has 1 aliphatic carbocycles. The van der Waals surface area contributed by atoms with Gasteiger partial charge in [0.25, 0.3) is 0 Å². The molecule has 19 heavy (non-hydrogen) atoms. The Hall–Kier alpha value is -1.37. The molecule has 1 N–H and O–H groups in total. The minimum Gasteiger partial charge on any atom is -0.373 e. The highest BCUT2D eigenvalue weighted by molar-refractivity contribution is 5.31. The molecule has 1 aliphatic rings. The average molecular weight is 258 g/mol. The first-order valence-corrected chi connectivity index (χ1v) is 6.98. The zero-order valence-corrected chi connectivity index (χ0v) is 11.8. The number of nitriles is 1. The fourth-order valence-corrected chi connectivity index (χ4v) is 2.52. The van der Waals surface area contributed by atoms with Crippen molar-refractivity contribution < 1.29 is 4.74 Å². The van der Waals surface area contributed by atoms with Gasteiger partial charge in [-0.3, -0.25) is 0 Å². The van der Waals surface area contributed by atoms with Crippen LogP contribution in [0.5, 0.6) is 0 Å². The van der Waals surface area contributed by atoms with Crippen LogP contribution >= 0.6 is 0 Å². The molecular formula is C16H22N2O. The summed E-state index contributed by atoms with van der Waals surface area (Å²) in [5, 5.41) is 12.2. The van der Waals surface area contributed by atoms with E-state index < -0.39 is 5.54 Å². The number of fused-ring (bicyclic) bond motifs is 1. The molecular weight excluding hydrogens is 236 g/mol. The molecule has 3 nitrogen and oxygen atoms in total. The third kappa shape index (κ3) is 3.34. The van der Waals surface area contributed by atoms with Gasteiger partial charge in [-0.15, -0.1) is 0 Å². The van der Waals surface area contributed by atoms with E-state index in [1.165, 1.54) is 17.5 Å². The van der Waals surface area contributed by atoms with Crippen molar-refractivity contribution in [3.05, 3.63) is 35.4 Å². The first kappa shape index (κ1) is 14.0. The van der Waals surface area contributed by atoms with E-state index in [1.807, 2.05) is 14.0 Å². The molecule has 2 atom stereocenters. The summed E-state index contributed by atoms with van der Waals surface area (Å²) in [7, 11) is 1.82. The van der Waals surface area contributed by atoms with E-state index in [1.54, 1.807) is 0 Å². The number of hydrogen-bond acceptors (Lipinski definition) is 3. The maximum atomic E-state index is 9.11. The monoisotopic (exact) mass is 258 g/mol. The van der Waals surface area contributed by atoms with E-state index in [9.17, 15) is 0 Å². The zero-order valence-electron chi connectivity index (χ0n) is 11.8. The van der Waals surface area contributed by atoms with Crippen molar-refractivity contribution in [1.29, 1.82) is 5.26 Å². The van der Waals surface area contributed by atoms with Crippen LogP contribution in [0.2, 0.25) is 0 Å². The highest BCUT2D eigenvalue weighted by Crippen LogP contribution is 2.32.